The predicted octanol–water partition coefficient (Wildman–Crippen LogP) is 34.7. The molecule has 0 bridgehead atoms. The van der Waals surface area contributed by atoms with Crippen LogP contribution in [0.3, 0.4) is 0 Å². The first-order valence-corrected chi connectivity index (χ1v) is 57.1. The Hall–Kier alpha value is -5.35. The minimum Gasteiger partial charge on any atom is -0.463 e. The van der Waals surface area contributed by atoms with E-state index in [0.29, 0.717) is 19.3 Å². The molecular weight excluding hydrogens is 1700 g/mol. The van der Waals surface area contributed by atoms with Gasteiger partial charge in [-0.1, -0.05) is 473 Å². The molecule has 0 aromatic heterocycles. The van der Waals surface area contributed by atoms with E-state index in [9.17, 15) is 43.5 Å². The summed E-state index contributed by atoms with van der Waals surface area (Å²) < 4.78 is 61.8. The lowest BCUT2D eigenvalue weighted by Gasteiger charge is -2.21. The monoisotopic (exact) mass is 1900 g/mol. The molecule has 0 spiro atoms. The molecule has 0 amide bonds. The van der Waals surface area contributed by atoms with Crippen LogP contribution in [0.4, 0.5) is 0 Å². The predicted molar refractivity (Wildman–Crippen MR) is 565 cm³/mol. The minimum absolute atomic E-state index is 0.103. The van der Waals surface area contributed by atoms with Crippen molar-refractivity contribution in [2.75, 3.05) is 39.6 Å². The second-order valence-corrected chi connectivity index (χ2v) is 38.9. The normalized spacial score (nSPS) is 14.3. The second kappa shape index (κ2) is 106. The number of rotatable bonds is 102. The fourth-order valence-electron chi connectivity index (χ4n) is 15.0. The summed E-state index contributed by atoms with van der Waals surface area (Å²) >= 11 is 0. The highest BCUT2D eigenvalue weighted by Gasteiger charge is 2.30. The zero-order chi connectivity index (χ0) is 96.4. The van der Waals surface area contributed by atoms with Gasteiger partial charge < -0.3 is 34.2 Å². The lowest BCUT2D eigenvalue weighted by Crippen LogP contribution is -2.30. The number of ether oxygens (including phenoxy) is 3. The Bertz CT molecular complexity index is 3150. The zero-order valence-corrected chi connectivity index (χ0v) is 86.7. The Balaban J connectivity index is 4.62. The molecule has 0 aliphatic heterocycles. The van der Waals surface area contributed by atoms with Gasteiger partial charge in [-0.2, -0.15) is 0 Å². The molecule has 133 heavy (non-hydrogen) atoms. The lowest BCUT2D eigenvalue weighted by atomic mass is 10.0. The van der Waals surface area contributed by atoms with Crippen LogP contribution in [0.15, 0.2) is 182 Å². The van der Waals surface area contributed by atoms with E-state index in [1.165, 1.54) is 250 Å². The highest BCUT2D eigenvalue weighted by atomic mass is 31.2. The topological polar surface area (TPSA) is 231 Å². The first kappa shape index (κ1) is 128. The van der Waals surface area contributed by atoms with Gasteiger partial charge in [0.05, 0.1) is 26.4 Å². The molecule has 0 saturated heterocycles. The van der Waals surface area contributed by atoms with E-state index in [4.69, 9.17) is 32.3 Å². The molecule has 4 N–H and O–H groups in total. The number of phosphoric ester groups is 2. The van der Waals surface area contributed by atoms with Gasteiger partial charge in [0, 0.05) is 19.3 Å². The second-order valence-electron chi connectivity index (χ2n) is 36.0. The van der Waals surface area contributed by atoms with E-state index in [1.807, 2.05) is 0 Å². The van der Waals surface area contributed by atoms with E-state index in [1.54, 1.807) is 0 Å². The summed E-state index contributed by atoms with van der Waals surface area (Å²) in [7, 11) is -9.82. The summed E-state index contributed by atoms with van der Waals surface area (Å²) in [4.78, 5) is 59.3. The maximum atomic E-state index is 13.2. The summed E-state index contributed by atoms with van der Waals surface area (Å²) in [5, 5.41) is 20.8. The number of carbonyl (C=O) groups excluding carboxylic acids is 3. The molecule has 0 aliphatic rings. The number of aliphatic hydroxyl groups is 2. The van der Waals surface area contributed by atoms with Crippen LogP contribution < -0.4 is 0 Å². The number of phosphoric acid groups is 2. The highest BCUT2D eigenvalue weighted by molar-refractivity contribution is 7.47. The van der Waals surface area contributed by atoms with Gasteiger partial charge >= 0.3 is 33.6 Å². The minimum atomic E-state index is -4.95. The Kier molecular flexibility index (Phi) is 101. The Morgan fingerprint density at radius 3 is 0.632 bits per heavy atom. The number of hydrogen-bond acceptors (Lipinski definition) is 14. The quantitative estimate of drug-likeness (QED) is 0.0146. The first-order chi connectivity index (χ1) is 65.2. The van der Waals surface area contributed by atoms with Gasteiger partial charge in [0.15, 0.2) is 6.10 Å². The van der Waals surface area contributed by atoms with Gasteiger partial charge in [-0.25, -0.2) is 9.13 Å². The van der Waals surface area contributed by atoms with Gasteiger partial charge in [-0.15, -0.1) is 0 Å². The molecule has 764 valence electrons. The Morgan fingerprint density at radius 2 is 0.398 bits per heavy atom. The molecule has 0 aliphatic carbocycles. The van der Waals surface area contributed by atoms with Crippen molar-refractivity contribution in [1.82, 2.24) is 0 Å². The Labute approximate surface area is 815 Å². The molecule has 16 nitrogen and oxygen atoms in total. The van der Waals surface area contributed by atoms with E-state index in [2.05, 4.69) is 203 Å². The van der Waals surface area contributed by atoms with Crippen LogP contribution in [0, 0.1) is 0 Å². The number of allylic oxidation sites excluding steroid dienone is 30. The van der Waals surface area contributed by atoms with E-state index in [0.717, 1.165) is 161 Å². The molecule has 0 aromatic carbocycles. The van der Waals surface area contributed by atoms with Gasteiger partial charge in [-0.3, -0.25) is 32.5 Å². The van der Waals surface area contributed by atoms with Crippen molar-refractivity contribution in [2.24, 2.45) is 0 Å². The van der Waals surface area contributed by atoms with Crippen molar-refractivity contribution in [3.63, 3.8) is 0 Å². The van der Waals surface area contributed by atoms with Crippen LogP contribution in [0.2, 0.25) is 0 Å². The van der Waals surface area contributed by atoms with Crippen molar-refractivity contribution < 1.29 is 75.8 Å². The van der Waals surface area contributed by atoms with Gasteiger partial charge in [0.2, 0.25) is 0 Å². The van der Waals surface area contributed by atoms with Gasteiger partial charge in [0.25, 0.3) is 0 Å². The zero-order valence-electron chi connectivity index (χ0n) is 84.9. The molecule has 0 rings (SSSR count). The van der Waals surface area contributed by atoms with Crippen molar-refractivity contribution in [2.45, 2.75) is 489 Å². The summed E-state index contributed by atoms with van der Waals surface area (Å²) in [5.41, 5.74) is 0. The molecular formula is C115H198O16P2. The number of aliphatic hydroxyl groups excluding tert-OH is 2. The lowest BCUT2D eigenvalue weighted by molar-refractivity contribution is -0.161. The Morgan fingerprint density at radius 1 is 0.218 bits per heavy atom. The third-order valence-corrected chi connectivity index (χ3v) is 25.0. The molecule has 0 heterocycles. The number of carbonyl (C=O) groups is 3. The average Bonchev–Trinajstić information content (AvgIpc) is 0.896. The van der Waals surface area contributed by atoms with Crippen LogP contribution in [-0.2, 0) is 55.8 Å². The van der Waals surface area contributed by atoms with Gasteiger partial charge in [-0.05, 0) is 161 Å². The fraction of sp³-hybridized carbons (Fsp3) is 0.713. The third-order valence-electron chi connectivity index (χ3n) is 23.1. The molecule has 0 fully saturated rings. The fourth-order valence-corrected chi connectivity index (χ4v) is 16.6. The van der Waals surface area contributed by atoms with Crippen LogP contribution in [-0.4, -0.2) is 95.9 Å². The van der Waals surface area contributed by atoms with Crippen molar-refractivity contribution in [3.05, 3.63) is 182 Å². The number of hydrogen-bond donors (Lipinski definition) is 4. The van der Waals surface area contributed by atoms with E-state index in [-0.39, 0.29) is 19.3 Å². The molecule has 0 radical (unpaired) electrons. The number of esters is 3. The molecule has 5 atom stereocenters. The van der Waals surface area contributed by atoms with Crippen molar-refractivity contribution >= 4 is 33.6 Å². The molecule has 5 unspecified atom stereocenters. The largest absolute Gasteiger partial charge is 0.472 e. The number of unbranched alkanes of at least 4 members (excludes halogenated alkanes) is 49. The summed E-state index contributed by atoms with van der Waals surface area (Å²) in [5.74, 6) is -1.55. The maximum Gasteiger partial charge on any atom is 0.472 e. The average molecular weight is 1900 g/mol. The van der Waals surface area contributed by atoms with E-state index < -0.39 is 91.5 Å². The SMILES string of the molecule is CC/C=C\C/C=C\C/C=C\C/C=C\C/C=C\C/C=C\CCCCCCCCCCCCCCCCC(=O)OCC(O)COP(=O)(O)OCC(O)COP(=O)(O)OCC(COC(=O)CCCCCCCCCCCCCCCCCCC/C=C\C/C=C\C/C=C\C/C=C\C/C=C\CC)OC(=O)CCCCCCCCCCCCCCCCC/C=C\C/C=C\C/C=C\C/C=C\CCCCC. The summed E-state index contributed by atoms with van der Waals surface area (Å²) in [6.07, 6.45) is 141. The first-order valence-electron chi connectivity index (χ1n) is 54.1. The van der Waals surface area contributed by atoms with Crippen LogP contribution in [0.25, 0.3) is 0 Å². The third kappa shape index (κ3) is 107. The van der Waals surface area contributed by atoms with Crippen LogP contribution >= 0.6 is 15.6 Å². The maximum absolute atomic E-state index is 13.2. The van der Waals surface area contributed by atoms with Crippen molar-refractivity contribution in [1.29, 1.82) is 0 Å². The summed E-state index contributed by atoms with van der Waals surface area (Å²) in [6.45, 7) is 2.52. The van der Waals surface area contributed by atoms with Gasteiger partial charge in [0.1, 0.15) is 25.4 Å². The van der Waals surface area contributed by atoms with Crippen LogP contribution in [0.1, 0.15) is 470 Å². The van der Waals surface area contributed by atoms with Crippen LogP contribution in [0.5, 0.6) is 0 Å². The highest BCUT2D eigenvalue weighted by Crippen LogP contribution is 2.45. The standard InChI is InChI=1S/C115H198O16P2/c1-4-7-10-13-16-19-22-25-28-31-34-37-40-43-46-49-52-54-57-59-62-65-68-71-74-77-80-83-86-89-92-95-98-101-113(118)125-104-110(116)105-127-132(121,122)128-106-111(117)107-129-133(123,124)130-109-112(131-115(120)103-100-97-94-91-88-85-82-79-76-73-70-67-64-61-56-51-48-45-42-39-36-33-30-27-24-21-18-15-12-9-6-3)108-126-114(119)102-99-96-93-90-87-84-81-78-75-72-69-66-63-60-58-55-53-50-47-44-41-38-35-32-29-26-23-20-17-14-11-8-5-2/h7-8,10-11,16-21,25-30,34-39,43-48,52,54,110-112,116-117H,4-6,9,12-15,22-24,31-33,40-42,49-51,53,55-109H2,1-3H3,(H,121,122)(H,123,124)/b10-7-,11-8-,19-16-,20-17-,21-18-,28-25-,29-26-,30-27-,37-34-,38-35-,39-36-,46-43-,47-44-,48-45-,54-52-. The van der Waals surface area contributed by atoms with E-state index >= 15 is 0 Å². The molecule has 0 saturated carbocycles. The smallest absolute Gasteiger partial charge is 0.463 e. The summed E-state index contributed by atoms with van der Waals surface area (Å²) in [6, 6.07) is 0. The van der Waals surface area contributed by atoms with Crippen molar-refractivity contribution in [3.8, 4) is 0 Å². The molecule has 0 aromatic rings. The molecule has 18 heteroatoms.